The quantitative estimate of drug-likeness (QED) is 0.929. The molecule has 106 valence electrons. The van der Waals surface area contributed by atoms with Gasteiger partial charge in [0, 0.05) is 33.9 Å². The first kappa shape index (κ1) is 14.4. The molecule has 0 radical (unpaired) electrons. The average Bonchev–Trinajstić information content (AvgIpc) is 2.25. The second kappa shape index (κ2) is 5.54. The third kappa shape index (κ3) is 3.98. The molecule has 1 aromatic carbocycles. The van der Waals surface area contributed by atoms with Crippen LogP contribution in [0, 0.1) is 0 Å². The Labute approximate surface area is 113 Å². The second-order valence-corrected chi connectivity index (χ2v) is 6.78. The Morgan fingerprint density at radius 3 is 2.84 bits per heavy atom. The SMILES string of the molecule is CC1(C)CS(=O)CC(c2cccc(OC(F)F)c2)N1. The maximum atomic E-state index is 12.2. The number of ether oxygens (including phenoxy) is 1. The molecule has 19 heavy (non-hydrogen) atoms. The molecule has 2 unspecified atom stereocenters. The lowest BCUT2D eigenvalue weighted by molar-refractivity contribution is -0.0499. The van der Waals surface area contributed by atoms with Gasteiger partial charge in [-0.2, -0.15) is 8.78 Å². The van der Waals surface area contributed by atoms with Crippen LogP contribution in [0.3, 0.4) is 0 Å². The number of nitrogens with one attached hydrogen (secondary N) is 1. The van der Waals surface area contributed by atoms with E-state index in [4.69, 9.17) is 0 Å². The van der Waals surface area contributed by atoms with Crippen molar-refractivity contribution in [1.29, 1.82) is 0 Å². The zero-order valence-corrected chi connectivity index (χ0v) is 11.7. The first-order valence-corrected chi connectivity index (χ1v) is 7.52. The van der Waals surface area contributed by atoms with E-state index in [1.165, 1.54) is 6.07 Å². The highest BCUT2D eigenvalue weighted by atomic mass is 32.2. The van der Waals surface area contributed by atoms with Gasteiger partial charge < -0.3 is 10.1 Å². The molecule has 1 aromatic rings. The lowest BCUT2D eigenvalue weighted by atomic mass is 10.0. The van der Waals surface area contributed by atoms with Crippen molar-refractivity contribution in [3.05, 3.63) is 29.8 Å². The number of hydrogen-bond acceptors (Lipinski definition) is 3. The zero-order chi connectivity index (χ0) is 14.0. The third-order valence-electron chi connectivity index (χ3n) is 2.92. The van der Waals surface area contributed by atoms with E-state index in [0.717, 1.165) is 5.56 Å². The Bertz CT molecular complexity index is 479. The van der Waals surface area contributed by atoms with E-state index in [9.17, 15) is 13.0 Å². The molecule has 2 rings (SSSR count). The molecule has 1 N–H and O–H groups in total. The minimum Gasteiger partial charge on any atom is -0.435 e. The van der Waals surface area contributed by atoms with Crippen LogP contribution in [0.5, 0.6) is 5.75 Å². The summed E-state index contributed by atoms with van der Waals surface area (Å²) in [6.45, 7) is 1.13. The highest BCUT2D eigenvalue weighted by Gasteiger charge is 2.32. The number of hydrogen-bond donors (Lipinski definition) is 1. The Balaban J connectivity index is 2.19. The van der Waals surface area contributed by atoms with Crippen LogP contribution < -0.4 is 10.1 Å². The van der Waals surface area contributed by atoms with Gasteiger partial charge in [0.1, 0.15) is 5.75 Å². The number of rotatable bonds is 3. The summed E-state index contributed by atoms with van der Waals surface area (Å²) in [5.74, 6) is 1.21. The lowest BCUT2D eigenvalue weighted by Gasteiger charge is -2.36. The number of halogens is 2. The molecule has 0 aromatic heterocycles. The van der Waals surface area contributed by atoms with E-state index in [1.807, 2.05) is 19.9 Å². The summed E-state index contributed by atoms with van der Waals surface area (Å²) in [7, 11) is -0.909. The molecule has 1 saturated heterocycles. The fourth-order valence-corrected chi connectivity index (χ4v) is 3.94. The molecule has 1 heterocycles. The van der Waals surface area contributed by atoms with Crippen molar-refractivity contribution in [3.8, 4) is 5.75 Å². The standard InChI is InChI=1S/C13H17F2NO2S/c1-13(2)8-19(17)7-11(16-13)9-4-3-5-10(6-9)18-12(14)15/h3-6,11-12,16H,7-8H2,1-2H3. The zero-order valence-electron chi connectivity index (χ0n) is 10.9. The first-order chi connectivity index (χ1) is 8.85. The molecule has 0 bridgehead atoms. The maximum Gasteiger partial charge on any atom is 0.387 e. The van der Waals surface area contributed by atoms with E-state index in [2.05, 4.69) is 10.1 Å². The lowest BCUT2D eigenvalue weighted by Crippen LogP contribution is -2.52. The Morgan fingerprint density at radius 1 is 1.47 bits per heavy atom. The van der Waals surface area contributed by atoms with Crippen LogP contribution in [-0.2, 0) is 10.8 Å². The maximum absolute atomic E-state index is 12.2. The fraction of sp³-hybridized carbons (Fsp3) is 0.538. The molecule has 0 aliphatic carbocycles. The van der Waals surface area contributed by atoms with Gasteiger partial charge in [0.05, 0.1) is 0 Å². The highest BCUT2D eigenvalue weighted by Crippen LogP contribution is 2.27. The summed E-state index contributed by atoms with van der Waals surface area (Å²) < 4.78 is 40.6. The van der Waals surface area contributed by atoms with Crippen LogP contribution in [0.25, 0.3) is 0 Å². The molecular formula is C13H17F2NO2S. The van der Waals surface area contributed by atoms with Crippen LogP contribution in [0.15, 0.2) is 24.3 Å². The highest BCUT2D eigenvalue weighted by molar-refractivity contribution is 7.85. The fourth-order valence-electron chi connectivity index (χ4n) is 2.29. The van der Waals surface area contributed by atoms with E-state index in [0.29, 0.717) is 11.5 Å². The van der Waals surface area contributed by atoms with Gasteiger partial charge in [-0.25, -0.2) is 0 Å². The van der Waals surface area contributed by atoms with Crippen molar-refractivity contribution in [3.63, 3.8) is 0 Å². The molecule has 1 aliphatic heterocycles. The Morgan fingerprint density at radius 2 is 2.21 bits per heavy atom. The summed E-state index contributed by atoms with van der Waals surface area (Å²) in [6, 6.07) is 6.45. The van der Waals surface area contributed by atoms with Gasteiger partial charge in [-0.3, -0.25) is 4.21 Å². The second-order valence-electron chi connectivity index (χ2n) is 5.28. The molecule has 0 amide bonds. The van der Waals surface area contributed by atoms with Crippen molar-refractivity contribution in [2.24, 2.45) is 0 Å². The van der Waals surface area contributed by atoms with Gasteiger partial charge in [0.25, 0.3) is 0 Å². The monoisotopic (exact) mass is 289 g/mol. The molecule has 0 saturated carbocycles. The van der Waals surface area contributed by atoms with Gasteiger partial charge in [-0.15, -0.1) is 0 Å². The third-order valence-corrected chi connectivity index (χ3v) is 4.67. The largest absolute Gasteiger partial charge is 0.435 e. The van der Waals surface area contributed by atoms with Crippen molar-refractivity contribution >= 4 is 10.8 Å². The molecule has 0 spiro atoms. The van der Waals surface area contributed by atoms with Crippen molar-refractivity contribution in [2.75, 3.05) is 11.5 Å². The van der Waals surface area contributed by atoms with Crippen molar-refractivity contribution < 1.29 is 17.7 Å². The molecule has 1 fully saturated rings. The Kier molecular flexibility index (Phi) is 4.20. The summed E-state index contributed by atoms with van der Waals surface area (Å²) in [6.07, 6.45) is 0. The molecular weight excluding hydrogens is 272 g/mol. The Hall–Kier alpha value is -1.01. The van der Waals surface area contributed by atoms with E-state index in [-0.39, 0.29) is 17.3 Å². The summed E-state index contributed by atoms with van der Waals surface area (Å²) in [5.41, 5.74) is 0.590. The van der Waals surface area contributed by atoms with E-state index >= 15 is 0 Å². The minimum atomic E-state index is -2.83. The van der Waals surface area contributed by atoms with Gasteiger partial charge in [-0.1, -0.05) is 12.1 Å². The van der Waals surface area contributed by atoms with Gasteiger partial charge >= 0.3 is 6.61 Å². The first-order valence-electron chi connectivity index (χ1n) is 6.03. The topological polar surface area (TPSA) is 38.3 Å². The molecule has 3 nitrogen and oxygen atoms in total. The van der Waals surface area contributed by atoms with Crippen molar-refractivity contribution in [2.45, 2.75) is 32.0 Å². The molecule has 1 aliphatic rings. The van der Waals surface area contributed by atoms with Crippen LogP contribution in [0.4, 0.5) is 8.78 Å². The smallest absolute Gasteiger partial charge is 0.387 e. The number of benzene rings is 1. The van der Waals surface area contributed by atoms with Gasteiger partial charge in [-0.05, 0) is 31.5 Å². The summed E-state index contributed by atoms with van der Waals surface area (Å²) in [5, 5.41) is 3.38. The normalized spacial score (nSPS) is 26.4. The predicted molar refractivity (Wildman–Crippen MR) is 70.9 cm³/mol. The number of alkyl halides is 2. The molecule has 2 atom stereocenters. The van der Waals surface area contributed by atoms with Crippen LogP contribution in [0.1, 0.15) is 25.5 Å². The summed E-state index contributed by atoms with van der Waals surface area (Å²) in [4.78, 5) is 0. The van der Waals surface area contributed by atoms with Crippen molar-refractivity contribution in [1.82, 2.24) is 5.32 Å². The van der Waals surface area contributed by atoms with Gasteiger partial charge in [0.2, 0.25) is 0 Å². The van der Waals surface area contributed by atoms with Crippen LogP contribution in [-0.4, -0.2) is 27.9 Å². The average molecular weight is 289 g/mol. The van der Waals surface area contributed by atoms with E-state index < -0.39 is 17.4 Å². The van der Waals surface area contributed by atoms with Crippen LogP contribution >= 0.6 is 0 Å². The van der Waals surface area contributed by atoms with E-state index in [1.54, 1.807) is 12.1 Å². The van der Waals surface area contributed by atoms with Crippen LogP contribution in [0.2, 0.25) is 0 Å². The van der Waals surface area contributed by atoms with Gasteiger partial charge in [0.15, 0.2) is 0 Å². The minimum absolute atomic E-state index is 0.106. The predicted octanol–water partition coefficient (Wildman–Crippen LogP) is 2.46. The summed E-state index contributed by atoms with van der Waals surface area (Å²) >= 11 is 0. The molecule has 6 heteroatoms.